The van der Waals surface area contributed by atoms with Gasteiger partial charge in [0.1, 0.15) is 11.2 Å². The fourth-order valence-electron chi connectivity index (χ4n) is 3.19. The molecule has 2 atom stereocenters. The molecule has 1 aliphatic rings. The summed E-state index contributed by atoms with van der Waals surface area (Å²) in [7, 11) is 3.26. The van der Waals surface area contributed by atoms with Gasteiger partial charge in [-0.2, -0.15) is 13.2 Å². The molecule has 4 rings (SSSR count). The number of alkyl halides is 3. The maximum atomic E-state index is 12.6. The zero-order chi connectivity index (χ0) is 23.2. The molecule has 0 aliphatic carbocycles. The van der Waals surface area contributed by atoms with E-state index in [0.29, 0.717) is 21.8 Å². The maximum Gasteiger partial charge on any atom is 0.451 e. The number of aromatic nitrogens is 3. The number of anilines is 2. The Morgan fingerprint density at radius 1 is 1.19 bits per heavy atom. The van der Waals surface area contributed by atoms with Gasteiger partial charge in [0.2, 0.25) is 11.7 Å². The summed E-state index contributed by atoms with van der Waals surface area (Å²) in [4.78, 5) is 26.3. The smallest absolute Gasteiger partial charge is 0.374 e. The Hall–Kier alpha value is -2.65. The molecule has 3 aromatic rings. The summed E-state index contributed by atoms with van der Waals surface area (Å²) < 4.78 is 37.8. The molecule has 0 saturated carbocycles. The number of carbonyl (C=O) groups excluding carboxylic acids is 1. The minimum Gasteiger partial charge on any atom is -0.374 e. The molecule has 0 spiro atoms. The molecule has 0 radical (unpaired) electrons. The normalized spacial score (nSPS) is 19.2. The van der Waals surface area contributed by atoms with E-state index in [1.165, 1.54) is 16.2 Å². The third kappa shape index (κ3) is 4.19. The average molecular weight is 487 g/mol. The fraction of sp³-hybridized carbons (Fsp3) is 0.333. The first-order valence-electron chi connectivity index (χ1n) is 9.12. The van der Waals surface area contributed by atoms with Crippen LogP contribution in [0, 0.1) is 0 Å². The van der Waals surface area contributed by atoms with E-state index in [-0.39, 0.29) is 23.0 Å². The van der Waals surface area contributed by atoms with Crippen LogP contribution in [0.15, 0.2) is 23.2 Å². The van der Waals surface area contributed by atoms with Crippen LogP contribution < -0.4 is 10.2 Å². The summed E-state index contributed by atoms with van der Waals surface area (Å²) in [6, 6.07) is 0. The van der Waals surface area contributed by atoms with Crippen LogP contribution in [0.4, 0.5) is 23.3 Å². The second kappa shape index (κ2) is 8.37. The predicted octanol–water partition coefficient (Wildman–Crippen LogP) is 2.51. The minimum atomic E-state index is -4.63. The highest BCUT2D eigenvalue weighted by Gasteiger charge is 2.36. The molecular formula is C18H17F3N6O3S2. The molecule has 32 heavy (non-hydrogen) atoms. The molecule has 0 aromatic carbocycles. The Kier molecular flexibility index (Phi) is 5.89. The average Bonchev–Trinajstić information content (AvgIpc) is 3.37. The molecule has 14 heteroatoms. The van der Waals surface area contributed by atoms with E-state index in [1.54, 1.807) is 29.8 Å². The standard InChI is InChI=1S/C18H17F3N6O3S2/c1-26-13(29)12-8(6-31-14(12)27(2)17(26)30)3-11(28)25-16-24-10(7-32-16)9-4-22-15(23-5-9)18(19,20)21/h4-7,13,17,29-30H,3H2,1-2H3,(H,24,25,28). The molecule has 3 N–H and O–H groups in total. The zero-order valence-electron chi connectivity index (χ0n) is 16.7. The van der Waals surface area contributed by atoms with E-state index in [9.17, 15) is 28.2 Å². The molecule has 0 bridgehead atoms. The van der Waals surface area contributed by atoms with Gasteiger partial charge in [-0.1, -0.05) is 0 Å². The van der Waals surface area contributed by atoms with Crippen molar-refractivity contribution in [1.82, 2.24) is 19.9 Å². The number of halogens is 3. The highest BCUT2D eigenvalue weighted by Crippen LogP contribution is 2.42. The van der Waals surface area contributed by atoms with Crippen LogP contribution in [-0.2, 0) is 17.4 Å². The Morgan fingerprint density at radius 3 is 2.53 bits per heavy atom. The van der Waals surface area contributed by atoms with Crippen LogP contribution in [0.25, 0.3) is 11.3 Å². The van der Waals surface area contributed by atoms with E-state index in [1.807, 2.05) is 0 Å². The van der Waals surface area contributed by atoms with Crippen molar-refractivity contribution in [2.24, 2.45) is 0 Å². The van der Waals surface area contributed by atoms with Gasteiger partial charge in [-0.3, -0.25) is 4.79 Å². The van der Waals surface area contributed by atoms with Crippen LogP contribution in [-0.4, -0.2) is 56.4 Å². The molecule has 1 amide bonds. The lowest BCUT2D eigenvalue weighted by Gasteiger charge is -2.40. The SMILES string of the molecule is CN1c2scc(CC(=O)Nc3nc(-c4cnc(C(F)(F)F)nc4)cs3)c2C(O)N(C)C1O. The first-order valence-corrected chi connectivity index (χ1v) is 10.9. The molecule has 4 heterocycles. The van der Waals surface area contributed by atoms with Crippen molar-refractivity contribution in [1.29, 1.82) is 0 Å². The van der Waals surface area contributed by atoms with Crippen molar-refractivity contribution in [3.63, 3.8) is 0 Å². The number of nitrogens with zero attached hydrogens (tertiary/aromatic N) is 5. The topological polar surface area (TPSA) is 115 Å². The molecule has 1 aliphatic heterocycles. The molecule has 9 nitrogen and oxygen atoms in total. The van der Waals surface area contributed by atoms with Crippen molar-refractivity contribution >= 4 is 38.7 Å². The summed E-state index contributed by atoms with van der Waals surface area (Å²) in [5, 5.41) is 27.6. The summed E-state index contributed by atoms with van der Waals surface area (Å²) in [5.74, 6) is -1.62. The van der Waals surface area contributed by atoms with E-state index in [0.717, 1.165) is 23.7 Å². The van der Waals surface area contributed by atoms with E-state index < -0.39 is 24.6 Å². The van der Waals surface area contributed by atoms with Crippen LogP contribution in [0.1, 0.15) is 23.2 Å². The lowest BCUT2D eigenvalue weighted by atomic mass is 10.1. The van der Waals surface area contributed by atoms with E-state index >= 15 is 0 Å². The monoisotopic (exact) mass is 486 g/mol. The van der Waals surface area contributed by atoms with Crippen LogP contribution in [0.5, 0.6) is 0 Å². The second-order valence-corrected chi connectivity index (χ2v) is 8.75. The maximum absolute atomic E-state index is 12.6. The Bertz CT molecular complexity index is 1130. The highest BCUT2D eigenvalue weighted by molar-refractivity contribution is 7.14. The third-order valence-electron chi connectivity index (χ3n) is 4.87. The van der Waals surface area contributed by atoms with Gasteiger partial charge in [-0.15, -0.1) is 22.7 Å². The van der Waals surface area contributed by atoms with Crippen molar-refractivity contribution in [3.05, 3.63) is 40.1 Å². The molecule has 3 aromatic heterocycles. The van der Waals surface area contributed by atoms with Gasteiger partial charge < -0.3 is 20.4 Å². The third-order valence-corrected chi connectivity index (χ3v) is 6.76. The summed E-state index contributed by atoms with van der Waals surface area (Å²) in [6.07, 6.45) is -4.65. The van der Waals surface area contributed by atoms with Crippen LogP contribution in [0.2, 0.25) is 0 Å². The van der Waals surface area contributed by atoms with Gasteiger partial charge in [0.05, 0.1) is 12.1 Å². The quantitative estimate of drug-likeness (QED) is 0.516. The van der Waals surface area contributed by atoms with Gasteiger partial charge in [0, 0.05) is 35.9 Å². The number of aliphatic hydroxyl groups excluding tert-OH is 2. The number of carbonyl (C=O) groups is 1. The lowest BCUT2D eigenvalue weighted by Crippen LogP contribution is -2.50. The van der Waals surface area contributed by atoms with Crippen LogP contribution in [0.3, 0.4) is 0 Å². The Balaban J connectivity index is 1.46. The number of fused-ring (bicyclic) bond motifs is 1. The van der Waals surface area contributed by atoms with Gasteiger partial charge in [-0.05, 0) is 18.0 Å². The summed E-state index contributed by atoms with van der Waals surface area (Å²) >= 11 is 2.42. The largest absolute Gasteiger partial charge is 0.451 e. The van der Waals surface area contributed by atoms with Crippen molar-refractivity contribution in [2.75, 3.05) is 24.3 Å². The summed E-state index contributed by atoms with van der Waals surface area (Å²) in [6.45, 7) is 0. The number of aliphatic hydroxyl groups is 2. The number of rotatable bonds is 4. The number of amides is 1. The van der Waals surface area contributed by atoms with Gasteiger partial charge in [-0.25, -0.2) is 19.9 Å². The molecular weight excluding hydrogens is 469 g/mol. The number of thiophene rings is 1. The predicted molar refractivity (Wildman–Crippen MR) is 112 cm³/mol. The van der Waals surface area contributed by atoms with Gasteiger partial charge >= 0.3 is 6.18 Å². The van der Waals surface area contributed by atoms with Crippen molar-refractivity contribution < 1.29 is 28.2 Å². The Labute approximate surface area is 187 Å². The second-order valence-electron chi connectivity index (χ2n) is 7.03. The molecule has 170 valence electrons. The van der Waals surface area contributed by atoms with Gasteiger partial charge in [0.25, 0.3) is 0 Å². The lowest BCUT2D eigenvalue weighted by molar-refractivity contribution is -0.145. The first-order chi connectivity index (χ1) is 15.1. The number of hydrogen-bond acceptors (Lipinski definition) is 10. The summed E-state index contributed by atoms with van der Waals surface area (Å²) in [5.41, 5.74) is 1.80. The Morgan fingerprint density at radius 2 is 1.88 bits per heavy atom. The fourth-order valence-corrected chi connectivity index (χ4v) is 5.02. The first kappa shape index (κ1) is 22.5. The zero-order valence-corrected chi connectivity index (χ0v) is 18.3. The van der Waals surface area contributed by atoms with Crippen molar-refractivity contribution in [2.45, 2.75) is 25.2 Å². The van der Waals surface area contributed by atoms with E-state index in [2.05, 4.69) is 20.3 Å². The van der Waals surface area contributed by atoms with E-state index in [4.69, 9.17) is 0 Å². The molecule has 2 unspecified atom stereocenters. The highest BCUT2D eigenvalue weighted by atomic mass is 32.1. The minimum absolute atomic E-state index is 0.0288. The number of nitrogens with one attached hydrogen (secondary N) is 1. The molecule has 0 fully saturated rings. The van der Waals surface area contributed by atoms with Crippen LogP contribution >= 0.6 is 22.7 Å². The molecule has 0 saturated heterocycles. The number of hydrogen-bond donors (Lipinski definition) is 3. The van der Waals surface area contributed by atoms with Crippen molar-refractivity contribution in [3.8, 4) is 11.3 Å². The number of thiazole rings is 1. The van der Waals surface area contributed by atoms with Gasteiger partial charge in [0.15, 0.2) is 11.5 Å².